The molecule has 7 rings (SSSR count). The van der Waals surface area contributed by atoms with Crippen molar-refractivity contribution in [3.63, 3.8) is 0 Å². The average molecular weight is 669 g/mol. The zero-order valence-electron chi connectivity index (χ0n) is 26.6. The molecule has 3 aliphatic rings. The maximum atomic E-state index is 14.4. The monoisotopic (exact) mass is 668 g/mol. The molecule has 0 radical (unpaired) electrons. The number of rotatable bonds is 9. The standard InChI is InChI=1S/C40H32N2O6S/c1-25-31(47-39(45)33(25)27-16-8-3-9-17-27)23-30-24-49-38-34(41-32(43)22-26-14-6-2-7-15-26)37(44)42(38)35(30)40(46)48-36(28-18-10-4-11-19-28)29-20-12-5-13-21-29/h2-21,23,34,36,38H,22,24H2,1H3,(H,41,43)/b31-23+/t34-,38+/m1/s1. The number of nitrogens with one attached hydrogen (secondary N) is 1. The minimum absolute atomic E-state index is 0.0590. The van der Waals surface area contributed by atoms with Crippen molar-refractivity contribution >= 4 is 41.1 Å². The average Bonchev–Trinajstić information content (AvgIpc) is 3.42. The first-order valence-corrected chi connectivity index (χ1v) is 17.0. The molecular weight excluding hydrogens is 637 g/mol. The SMILES string of the molecule is CC1=C(c2ccccc2)C(=O)O/C1=C/C1=C(C(=O)OC(c2ccccc2)c2ccccc2)N2C(=O)[C@@H](NC(=O)Cc3ccccc3)[C@@H]2SC1. The van der Waals surface area contributed by atoms with Crippen LogP contribution in [-0.4, -0.2) is 45.8 Å². The summed E-state index contributed by atoms with van der Waals surface area (Å²) in [5, 5.41) is 2.35. The number of ether oxygens (including phenoxy) is 2. The number of amides is 2. The number of thioether (sulfide) groups is 1. The molecule has 49 heavy (non-hydrogen) atoms. The molecule has 3 aliphatic heterocycles. The Morgan fingerprint density at radius 3 is 2.06 bits per heavy atom. The van der Waals surface area contributed by atoms with Crippen LogP contribution in [0, 0.1) is 0 Å². The van der Waals surface area contributed by atoms with Crippen LogP contribution < -0.4 is 5.32 Å². The molecule has 244 valence electrons. The van der Waals surface area contributed by atoms with E-state index in [0.717, 1.165) is 22.3 Å². The summed E-state index contributed by atoms with van der Waals surface area (Å²) in [4.78, 5) is 55.5. The molecule has 1 N–H and O–H groups in total. The normalized spacial score (nSPS) is 19.5. The van der Waals surface area contributed by atoms with Gasteiger partial charge in [0.2, 0.25) is 5.91 Å². The highest BCUT2D eigenvalue weighted by molar-refractivity contribution is 8.00. The van der Waals surface area contributed by atoms with Gasteiger partial charge in [0.1, 0.15) is 22.9 Å². The van der Waals surface area contributed by atoms with Crippen LogP contribution in [-0.2, 0) is 35.1 Å². The van der Waals surface area contributed by atoms with Gasteiger partial charge in [-0.25, -0.2) is 9.59 Å². The van der Waals surface area contributed by atoms with Crippen molar-refractivity contribution in [3.05, 3.63) is 172 Å². The van der Waals surface area contributed by atoms with E-state index in [0.29, 0.717) is 28.2 Å². The third kappa shape index (κ3) is 6.45. The van der Waals surface area contributed by atoms with Crippen molar-refractivity contribution in [2.45, 2.75) is 30.9 Å². The summed E-state index contributed by atoms with van der Waals surface area (Å²) >= 11 is 1.42. The predicted octanol–water partition coefficient (Wildman–Crippen LogP) is 6.13. The maximum Gasteiger partial charge on any atom is 0.356 e. The Hall–Kier alpha value is -5.67. The van der Waals surface area contributed by atoms with Gasteiger partial charge < -0.3 is 14.8 Å². The smallest absolute Gasteiger partial charge is 0.356 e. The summed E-state index contributed by atoms with van der Waals surface area (Å²) in [5.74, 6) is -1.29. The van der Waals surface area contributed by atoms with E-state index in [1.807, 2.05) is 121 Å². The minimum Gasteiger partial charge on any atom is -0.448 e. The van der Waals surface area contributed by atoms with Crippen LogP contribution in [0.3, 0.4) is 0 Å². The molecule has 2 amide bonds. The van der Waals surface area contributed by atoms with Crippen LogP contribution in [0.2, 0.25) is 0 Å². The van der Waals surface area contributed by atoms with Crippen LogP contribution in [0.4, 0.5) is 0 Å². The van der Waals surface area contributed by atoms with E-state index in [4.69, 9.17) is 9.47 Å². The molecule has 1 saturated heterocycles. The topological polar surface area (TPSA) is 102 Å². The molecule has 0 aliphatic carbocycles. The summed E-state index contributed by atoms with van der Waals surface area (Å²) in [7, 11) is 0. The highest BCUT2D eigenvalue weighted by atomic mass is 32.2. The molecule has 0 saturated carbocycles. The molecule has 0 bridgehead atoms. The number of esters is 2. The Balaban J connectivity index is 1.24. The van der Waals surface area contributed by atoms with Gasteiger partial charge in [-0.3, -0.25) is 14.5 Å². The van der Waals surface area contributed by atoms with Crippen LogP contribution in [0.25, 0.3) is 5.57 Å². The molecule has 1 fully saturated rings. The van der Waals surface area contributed by atoms with Gasteiger partial charge in [0.25, 0.3) is 5.91 Å². The van der Waals surface area contributed by atoms with Gasteiger partial charge in [0.05, 0.1) is 12.0 Å². The largest absolute Gasteiger partial charge is 0.448 e. The fourth-order valence-electron chi connectivity index (χ4n) is 6.23. The maximum absolute atomic E-state index is 14.4. The second-order valence-electron chi connectivity index (χ2n) is 11.9. The lowest BCUT2D eigenvalue weighted by Crippen LogP contribution is -2.70. The zero-order chi connectivity index (χ0) is 33.9. The van der Waals surface area contributed by atoms with Crippen molar-refractivity contribution in [3.8, 4) is 0 Å². The number of benzene rings is 4. The Labute approximate surface area is 288 Å². The molecule has 9 heteroatoms. The second kappa shape index (κ2) is 13.8. The Morgan fingerprint density at radius 1 is 0.878 bits per heavy atom. The van der Waals surface area contributed by atoms with Gasteiger partial charge in [-0.2, -0.15) is 0 Å². The number of β-lactam (4-membered cyclic amide) rings is 1. The van der Waals surface area contributed by atoms with Gasteiger partial charge in [0.15, 0.2) is 6.10 Å². The quantitative estimate of drug-likeness (QED) is 0.169. The van der Waals surface area contributed by atoms with E-state index in [2.05, 4.69) is 5.32 Å². The van der Waals surface area contributed by atoms with Gasteiger partial charge in [-0.1, -0.05) is 121 Å². The molecule has 0 unspecified atom stereocenters. The molecule has 4 aromatic rings. The van der Waals surface area contributed by atoms with E-state index in [1.165, 1.54) is 16.7 Å². The summed E-state index contributed by atoms with van der Waals surface area (Å²) in [5.41, 5.74) is 4.68. The summed E-state index contributed by atoms with van der Waals surface area (Å²) < 4.78 is 12.0. The third-order valence-electron chi connectivity index (χ3n) is 8.66. The van der Waals surface area contributed by atoms with Crippen LogP contribution in [0.5, 0.6) is 0 Å². The molecule has 4 aromatic carbocycles. The second-order valence-corrected chi connectivity index (χ2v) is 13.0. The summed E-state index contributed by atoms with van der Waals surface area (Å²) in [6.07, 6.45) is 1.02. The van der Waals surface area contributed by atoms with Crippen LogP contribution >= 0.6 is 11.8 Å². The number of hydrogen-bond acceptors (Lipinski definition) is 7. The number of carbonyl (C=O) groups is 4. The van der Waals surface area contributed by atoms with Crippen molar-refractivity contribution < 1.29 is 28.7 Å². The van der Waals surface area contributed by atoms with E-state index >= 15 is 0 Å². The fraction of sp³-hybridized carbons (Fsp3) is 0.150. The molecule has 2 atom stereocenters. The Bertz CT molecular complexity index is 1970. The lowest BCUT2D eigenvalue weighted by Gasteiger charge is -2.49. The number of carbonyl (C=O) groups excluding carboxylic acids is 4. The highest BCUT2D eigenvalue weighted by Gasteiger charge is 2.54. The lowest BCUT2D eigenvalue weighted by atomic mass is 9.99. The van der Waals surface area contributed by atoms with Crippen molar-refractivity contribution in [2.24, 2.45) is 0 Å². The summed E-state index contributed by atoms with van der Waals surface area (Å²) in [6.45, 7) is 1.80. The van der Waals surface area contributed by atoms with Crippen molar-refractivity contribution in [1.82, 2.24) is 10.2 Å². The van der Waals surface area contributed by atoms with Crippen molar-refractivity contribution in [2.75, 3.05) is 5.75 Å². The Kier molecular flexibility index (Phi) is 9.00. The molecule has 3 heterocycles. The van der Waals surface area contributed by atoms with Gasteiger partial charge in [0, 0.05) is 11.3 Å². The fourth-order valence-corrected chi connectivity index (χ4v) is 7.54. The first kappa shape index (κ1) is 31.9. The van der Waals surface area contributed by atoms with E-state index in [1.54, 1.807) is 13.0 Å². The third-order valence-corrected chi connectivity index (χ3v) is 9.97. The Morgan fingerprint density at radius 2 is 1.45 bits per heavy atom. The first-order chi connectivity index (χ1) is 23.9. The zero-order valence-corrected chi connectivity index (χ0v) is 27.4. The minimum atomic E-state index is -0.812. The predicted molar refractivity (Wildman–Crippen MR) is 186 cm³/mol. The van der Waals surface area contributed by atoms with E-state index < -0.39 is 35.4 Å². The number of allylic oxidation sites excluding steroid dienone is 2. The first-order valence-electron chi connectivity index (χ1n) is 15.9. The van der Waals surface area contributed by atoms with Crippen LogP contribution in [0.15, 0.2) is 150 Å². The molecular formula is C40H32N2O6S. The van der Waals surface area contributed by atoms with Crippen LogP contribution in [0.1, 0.15) is 35.3 Å². The molecule has 0 aromatic heterocycles. The number of cyclic esters (lactones) is 1. The lowest BCUT2D eigenvalue weighted by molar-refractivity contribution is -0.154. The number of hydrogen-bond donors (Lipinski definition) is 1. The van der Waals surface area contributed by atoms with Gasteiger partial charge in [-0.15, -0.1) is 11.8 Å². The number of fused-ring (bicyclic) bond motifs is 1. The molecule has 8 nitrogen and oxygen atoms in total. The van der Waals surface area contributed by atoms with E-state index in [-0.39, 0.29) is 18.0 Å². The van der Waals surface area contributed by atoms with E-state index in [9.17, 15) is 19.2 Å². The highest BCUT2D eigenvalue weighted by Crippen LogP contribution is 2.43. The van der Waals surface area contributed by atoms with Crippen molar-refractivity contribution in [1.29, 1.82) is 0 Å². The molecule has 0 spiro atoms. The van der Waals surface area contributed by atoms with Gasteiger partial charge in [-0.05, 0) is 40.8 Å². The van der Waals surface area contributed by atoms with Gasteiger partial charge >= 0.3 is 11.9 Å². The number of nitrogens with zero attached hydrogens (tertiary/aromatic N) is 1. The summed E-state index contributed by atoms with van der Waals surface area (Å²) in [6, 6.07) is 36.5.